The van der Waals surface area contributed by atoms with Crippen molar-refractivity contribution in [1.29, 1.82) is 0 Å². The molecule has 0 unspecified atom stereocenters. The Bertz CT molecular complexity index is 783. The van der Waals surface area contributed by atoms with Gasteiger partial charge in [0.2, 0.25) is 5.43 Å². The van der Waals surface area contributed by atoms with Gasteiger partial charge in [0.05, 0.1) is 17.5 Å². The summed E-state index contributed by atoms with van der Waals surface area (Å²) >= 11 is 0. The van der Waals surface area contributed by atoms with Gasteiger partial charge in [-0.25, -0.2) is 18.0 Å². The van der Waals surface area contributed by atoms with Crippen molar-refractivity contribution in [1.82, 2.24) is 4.98 Å². The molecular weight excluding hydrogens is 287 g/mol. The minimum atomic E-state index is -1.65. The number of benzene rings is 1. The molecule has 0 spiro atoms. The van der Waals surface area contributed by atoms with Gasteiger partial charge in [-0.3, -0.25) is 4.79 Å². The Hall–Kier alpha value is -2.31. The van der Waals surface area contributed by atoms with E-state index in [0.717, 1.165) is 6.20 Å². The second-order valence-corrected chi connectivity index (χ2v) is 4.28. The molecule has 4 nitrogen and oxygen atoms in total. The molecule has 0 amide bonds. The third kappa shape index (κ3) is 2.28. The molecule has 0 fully saturated rings. The molecule has 1 heterocycles. The number of esters is 1. The number of aromatic nitrogens is 1. The van der Waals surface area contributed by atoms with Crippen LogP contribution in [-0.2, 0) is 11.2 Å². The minimum Gasteiger partial charge on any atom is -0.462 e. The zero-order valence-corrected chi connectivity index (χ0v) is 11.4. The largest absolute Gasteiger partial charge is 0.462 e. The van der Waals surface area contributed by atoms with E-state index >= 15 is 0 Å². The number of carbonyl (C=O) groups excluding carboxylic acids is 1. The number of hydrogen-bond acceptors (Lipinski definition) is 3. The van der Waals surface area contributed by atoms with Crippen LogP contribution in [0.15, 0.2) is 11.0 Å². The number of halogens is 3. The van der Waals surface area contributed by atoms with Crippen LogP contribution in [-0.4, -0.2) is 17.6 Å². The third-order valence-corrected chi connectivity index (χ3v) is 3.10. The van der Waals surface area contributed by atoms with E-state index in [-0.39, 0.29) is 29.5 Å². The van der Waals surface area contributed by atoms with Gasteiger partial charge in [0.25, 0.3) is 0 Å². The number of ether oxygens (including phenoxy) is 1. The van der Waals surface area contributed by atoms with Gasteiger partial charge in [-0.15, -0.1) is 0 Å². The van der Waals surface area contributed by atoms with E-state index in [0.29, 0.717) is 0 Å². The molecule has 0 saturated carbocycles. The Kier molecular flexibility index (Phi) is 4.02. The Labute approximate surface area is 117 Å². The first-order valence-corrected chi connectivity index (χ1v) is 6.31. The maximum absolute atomic E-state index is 13.8. The van der Waals surface area contributed by atoms with Crippen LogP contribution >= 0.6 is 0 Å². The number of fused-ring (bicyclic) bond motifs is 1. The lowest BCUT2D eigenvalue weighted by Gasteiger charge is -2.09. The Morgan fingerprint density at radius 1 is 1.19 bits per heavy atom. The van der Waals surface area contributed by atoms with Crippen LogP contribution in [0, 0.1) is 17.5 Å². The van der Waals surface area contributed by atoms with Crippen molar-refractivity contribution in [3.05, 3.63) is 45.0 Å². The summed E-state index contributed by atoms with van der Waals surface area (Å²) in [6, 6.07) is 0. The van der Waals surface area contributed by atoms with Crippen LogP contribution in [0.4, 0.5) is 13.2 Å². The molecule has 0 aliphatic rings. The molecule has 1 aromatic heterocycles. The summed E-state index contributed by atoms with van der Waals surface area (Å²) in [5.41, 5.74) is -2.03. The Morgan fingerprint density at radius 3 is 2.43 bits per heavy atom. The van der Waals surface area contributed by atoms with Crippen LogP contribution in [0.1, 0.15) is 29.8 Å². The zero-order chi connectivity index (χ0) is 15.7. The molecule has 0 radical (unpaired) electrons. The molecule has 1 aromatic carbocycles. The minimum absolute atomic E-state index is 0.0328. The second kappa shape index (κ2) is 5.59. The van der Waals surface area contributed by atoms with Crippen molar-refractivity contribution < 1.29 is 22.7 Å². The standard InChI is InChI=1S/C14H12F3NO3/c1-3-6-8-12(11(17)10(16)9(6)15)18-5-7(13(8)19)14(20)21-4-2/h5H,3-4H2,1-2H3,(H,18,19). The fraction of sp³-hybridized carbons (Fsp3) is 0.286. The first-order valence-electron chi connectivity index (χ1n) is 6.31. The number of nitrogens with one attached hydrogen (secondary N) is 1. The van der Waals surface area contributed by atoms with Crippen LogP contribution in [0.5, 0.6) is 0 Å². The van der Waals surface area contributed by atoms with Crippen molar-refractivity contribution in [3.63, 3.8) is 0 Å². The number of H-pyrrole nitrogens is 1. The summed E-state index contributed by atoms with van der Waals surface area (Å²) in [7, 11) is 0. The first-order chi connectivity index (χ1) is 9.93. The first kappa shape index (κ1) is 15.1. The maximum atomic E-state index is 13.8. The molecule has 0 saturated heterocycles. The topological polar surface area (TPSA) is 59.2 Å². The van der Waals surface area contributed by atoms with Gasteiger partial charge < -0.3 is 9.72 Å². The van der Waals surface area contributed by atoms with E-state index in [9.17, 15) is 22.8 Å². The highest BCUT2D eigenvalue weighted by molar-refractivity contribution is 5.94. The average Bonchev–Trinajstić information content (AvgIpc) is 2.46. The lowest BCUT2D eigenvalue weighted by Crippen LogP contribution is -2.20. The van der Waals surface area contributed by atoms with Crippen molar-refractivity contribution in [2.45, 2.75) is 20.3 Å². The van der Waals surface area contributed by atoms with E-state index in [1.165, 1.54) is 6.92 Å². The van der Waals surface area contributed by atoms with Crippen molar-refractivity contribution in [2.75, 3.05) is 6.61 Å². The van der Waals surface area contributed by atoms with E-state index < -0.39 is 34.4 Å². The normalized spacial score (nSPS) is 10.9. The SMILES string of the molecule is CCOC(=O)c1c[nH]c2c(F)c(F)c(F)c(CC)c2c1=O. The smallest absolute Gasteiger partial charge is 0.343 e. The number of carbonyl (C=O) groups is 1. The highest BCUT2D eigenvalue weighted by Gasteiger charge is 2.24. The van der Waals surface area contributed by atoms with E-state index in [1.807, 2.05) is 0 Å². The van der Waals surface area contributed by atoms with Crippen LogP contribution in [0.25, 0.3) is 10.9 Å². The number of rotatable bonds is 3. The molecule has 1 N–H and O–H groups in total. The lowest BCUT2D eigenvalue weighted by molar-refractivity contribution is 0.0524. The second-order valence-electron chi connectivity index (χ2n) is 4.28. The molecular formula is C14H12F3NO3. The van der Waals surface area contributed by atoms with Gasteiger partial charge in [-0.05, 0) is 13.3 Å². The van der Waals surface area contributed by atoms with Gasteiger partial charge in [-0.2, -0.15) is 0 Å². The summed E-state index contributed by atoms with van der Waals surface area (Å²) in [6.45, 7) is 3.09. The summed E-state index contributed by atoms with van der Waals surface area (Å²) < 4.78 is 45.7. The number of aromatic amines is 1. The molecule has 112 valence electrons. The monoisotopic (exact) mass is 299 g/mol. The van der Waals surface area contributed by atoms with E-state index in [1.54, 1.807) is 6.92 Å². The van der Waals surface area contributed by atoms with Crippen molar-refractivity contribution in [2.24, 2.45) is 0 Å². The fourth-order valence-electron chi connectivity index (χ4n) is 2.13. The van der Waals surface area contributed by atoms with Crippen LogP contribution in [0.2, 0.25) is 0 Å². The Balaban J connectivity index is 2.90. The van der Waals surface area contributed by atoms with Crippen molar-refractivity contribution in [3.8, 4) is 0 Å². The van der Waals surface area contributed by atoms with Gasteiger partial charge in [0, 0.05) is 11.8 Å². The van der Waals surface area contributed by atoms with Gasteiger partial charge in [0.1, 0.15) is 5.56 Å². The molecule has 7 heteroatoms. The predicted octanol–water partition coefficient (Wildman–Crippen LogP) is 2.68. The third-order valence-electron chi connectivity index (χ3n) is 3.10. The Morgan fingerprint density at radius 2 is 1.86 bits per heavy atom. The lowest BCUT2D eigenvalue weighted by atomic mass is 10.0. The zero-order valence-electron chi connectivity index (χ0n) is 11.4. The van der Waals surface area contributed by atoms with Gasteiger partial charge >= 0.3 is 5.97 Å². The molecule has 2 rings (SSSR count). The fourth-order valence-corrected chi connectivity index (χ4v) is 2.13. The number of pyridine rings is 1. The van der Waals surface area contributed by atoms with E-state index in [4.69, 9.17) is 4.74 Å². The quantitative estimate of drug-likeness (QED) is 0.700. The van der Waals surface area contributed by atoms with Crippen LogP contribution < -0.4 is 5.43 Å². The molecule has 0 aliphatic heterocycles. The molecule has 0 atom stereocenters. The number of hydrogen-bond donors (Lipinski definition) is 1. The van der Waals surface area contributed by atoms with Crippen molar-refractivity contribution >= 4 is 16.9 Å². The molecule has 2 aromatic rings. The summed E-state index contributed by atoms with van der Waals surface area (Å²) in [5.74, 6) is -5.48. The highest BCUT2D eigenvalue weighted by atomic mass is 19.2. The summed E-state index contributed by atoms with van der Waals surface area (Å²) in [5, 5.41) is -0.376. The van der Waals surface area contributed by atoms with E-state index in [2.05, 4.69) is 4.98 Å². The average molecular weight is 299 g/mol. The molecule has 21 heavy (non-hydrogen) atoms. The summed E-state index contributed by atoms with van der Waals surface area (Å²) in [6.07, 6.45) is 0.900. The predicted molar refractivity (Wildman–Crippen MR) is 69.8 cm³/mol. The van der Waals surface area contributed by atoms with Gasteiger partial charge in [-0.1, -0.05) is 6.92 Å². The number of aryl methyl sites for hydroxylation is 1. The highest BCUT2D eigenvalue weighted by Crippen LogP contribution is 2.25. The molecule has 0 aliphatic carbocycles. The summed E-state index contributed by atoms with van der Waals surface area (Å²) in [4.78, 5) is 26.2. The van der Waals surface area contributed by atoms with Gasteiger partial charge in [0.15, 0.2) is 17.5 Å². The molecule has 0 bridgehead atoms. The van der Waals surface area contributed by atoms with Crippen LogP contribution in [0.3, 0.4) is 0 Å². The maximum Gasteiger partial charge on any atom is 0.343 e.